The first-order chi connectivity index (χ1) is 9.54. The molecule has 0 saturated carbocycles. The Morgan fingerprint density at radius 2 is 2.05 bits per heavy atom. The van der Waals surface area contributed by atoms with Crippen LogP contribution in [0.3, 0.4) is 0 Å². The van der Waals surface area contributed by atoms with Crippen LogP contribution in [0.1, 0.15) is 5.56 Å². The van der Waals surface area contributed by atoms with Crippen LogP contribution < -0.4 is 10.9 Å². The van der Waals surface area contributed by atoms with E-state index >= 15 is 0 Å². The van der Waals surface area contributed by atoms with Crippen molar-refractivity contribution in [2.24, 2.45) is 0 Å². The van der Waals surface area contributed by atoms with Gasteiger partial charge in [-0.2, -0.15) is 0 Å². The maximum absolute atomic E-state index is 11.6. The fourth-order valence-corrected chi connectivity index (χ4v) is 1.56. The summed E-state index contributed by atoms with van der Waals surface area (Å²) in [6.07, 6.45) is 1.30. The Morgan fingerprint density at radius 1 is 1.35 bits per heavy atom. The molecule has 0 spiro atoms. The Kier molecular flexibility index (Phi) is 3.94. The fourth-order valence-electron chi connectivity index (χ4n) is 1.56. The number of carbonyl (C=O) groups excluding carboxylic acids is 2. The normalized spacial score (nSPS) is 13.4. The van der Waals surface area contributed by atoms with Crippen LogP contribution in [-0.2, 0) is 20.7 Å². The molecule has 1 amide bonds. The van der Waals surface area contributed by atoms with Gasteiger partial charge in [-0.1, -0.05) is 12.1 Å². The third-order valence-electron chi connectivity index (χ3n) is 2.54. The molecule has 1 heterocycles. The number of benzene rings is 1. The Bertz CT molecular complexity index is 579. The first-order valence-electron chi connectivity index (χ1n) is 5.70. The number of amides is 1. The number of nitrogens with one attached hydrogen (secondary N) is 2. The number of nitro benzene ring substituents is 1. The minimum absolute atomic E-state index is 0.0287. The molecule has 0 atom stereocenters. The van der Waals surface area contributed by atoms with E-state index in [-0.39, 0.29) is 24.6 Å². The fraction of sp³-hybridized carbons (Fsp3) is 0.167. The number of hydrogen-bond acceptors (Lipinski definition) is 6. The van der Waals surface area contributed by atoms with Gasteiger partial charge in [-0.25, -0.2) is 4.79 Å². The molecule has 0 aliphatic carbocycles. The number of rotatable bonds is 5. The van der Waals surface area contributed by atoms with Crippen molar-refractivity contribution < 1.29 is 19.2 Å². The van der Waals surface area contributed by atoms with Gasteiger partial charge in [-0.05, 0) is 5.56 Å². The minimum Gasteiger partial charge on any atom is -0.456 e. The van der Waals surface area contributed by atoms with Crippen molar-refractivity contribution in [3.63, 3.8) is 0 Å². The predicted octanol–water partition coefficient (Wildman–Crippen LogP) is 0.199. The highest BCUT2D eigenvalue weighted by atomic mass is 16.6. The second-order valence-electron chi connectivity index (χ2n) is 4.05. The highest BCUT2D eigenvalue weighted by Gasteiger charge is 2.13. The second kappa shape index (κ2) is 5.83. The van der Waals surface area contributed by atoms with E-state index in [0.29, 0.717) is 11.3 Å². The van der Waals surface area contributed by atoms with Gasteiger partial charge in [0.2, 0.25) is 5.91 Å². The molecule has 104 valence electrons. The lowest BCUT2D eigenvalue weighted by molar-refractivity contribution is -0.384. The third-order valence-corrected chi connectivity index (χ3v) is 2.54. The summed E-state index contributed by atoms with van der Waals surface area (Å²) in [6.45, 7) is 0.0939. The van der Waals surface area contributed by atoms with Crippen molar-refractivity contribution in [3.8, 4) is 0 Å². The van der Waals surface area contributed by atoms with E-state index in [1.807, 2.05) is 0 Å². The van der Waals surface area contributed by atoms with Gasteiger partial charge in [0, 0.05) is 18.2 Å². The Labute approximate surface area is 113 Å². The van der Waals surface area contributed by atoms with E-state index in [9.17, 15) is 19.7 Å². The molecule has 1 aliphatic rings. The molecule has 1 aliphatic heterocycles. The molecule has 20 heavy (non-hydrogen) atoms. The van der Waals surface area contributed by atoms with Gasteiger partial charge in [0.05, 0.1) is 17.0 Å². The minimum atomic E-state index is -0.505. The molecule has 0 aromatic heterocycles. The monoisotopic (exact) mass is 277 g/mol. The quantitative estimate of drug-likeness (QED) is 0.452. The first kappa shape index (κ1) is 13.5. The highest BCUT2D eigenvalue weighted by molar-refractivity contribution is 5.85. The van der Waals surface area contributed by atoms with Gasteiger partial charge in [0.1, 0.15) is 6.61 Å². The number of esters is 1. The molecular weight excluding hydrogens is 266 g/mol. The lowest BCUT2D eigenvalue weighted by Crippen LogP contribution is -2.38. The number of hydrogen-bond donors (Lipinski definition) is 2. The van der Waals surface area contributed by atoms with Gasteiger partial charge < -0.3 is 4.74 Å². The Morgan fingerprint density at radius 3 is 2.60 bits per heavy atom. The zero-order valence-electron chi connectivity index (χ0n) is 10.3. The summed E-state index contributed by atoms with van der Waals surface area (Å²) in [7, 11) is 0. The Balaban J connectivity index is 1.83. The van der Waals surface area contributed by atoms with Gasteiger partial charge in [-0.3, -0.25) is 25.8 Å². The lowest BCUT2D eigenvalue weighted by atomic mass is 10.1. The summed E-state index contributed by atoms with van der Waals surface area (Å²) in [5, 5.41) is 10.5. The van der Waals surface area contributed by atoms with Crippen LogP contribution in [0.5, 0.6) is 0 Å². The van der Waals surface area contributed by atoms with Crippen LogP contribution >= 0.6 is 0 Å². The summed E-state index contributed by atoms with van der Waals surface area (Å²) in [6, 6.07) is 5.70. The average Bonchev–Trinajstić information content (AvgIpc) is 2.83. The largest absolute Gasteiger partial charge is 0.456 e. The number of ether oxygens (including phenoxy) is 1. The molecule has 0 unspecified atom stereocenters. The maximum Gasteiger partial charge on any atom is 0.333 e. The number of nitrogens with zero attached hydrogens (tertiary/aromatic N) is 1. The summed E-state index contributed by atoms with van der Waals surface area (Å²) < 4.78 is 4.64. The molecular formula is C12H11N3O5. The van der Waals surface area contributed by atoms with E-state index in [4.69, 9.17) is 0 Å². The van der Waals surface area contributed by atoms with Crippen molar-refractivity contribution >= 4 is 17.6 Å². The molecule has 2 N–H and O–H groups in total. The molecule has 1 aromatic carbocycles. The molecule has 8 heteroatoms. The molecule has 1 aromatic rings. The number of nitro groups is 1. The lowest BCUT2D eigenvalue weighted by Gasteiger charge is -2.07. The Hall–Kier alpha value is -2.90. The summed E-state index contributed by atoms with van der Waals surface area (Å²) >= 11 is 0. The van der Waals surface area contributed by atoms with Gasteiger partial charge in [0.25, 0.3) is 5.69 Å². The summed E-state index contributed by atoms with van der Waals surface area (Å²) in [4.78, 5) is 32.4. The SMILES string of the molecule is O=C(Cc1ccc([N+](=O)[O-])cc1)NNC1=CC(=O)OC1. The summed E-state index contributed by atoms with van der Waals surface area (Å²) in [5.41, 5.74) is 6.05. The van der Waals surface area contributed by atoms with E-state index in [1.165, 1.54) is 30.3 Å². The van der Waals surface area contributed by atoms with E-state index in [0.717, 1.165) is 0 Å². The van der Waals surface area contributed by atoms with Crippen molar-refractivity contribution in [1.29, 1.82) is 0 Å². The van der Waals surface area contributed by atoms with E-state index in [1.54, 1.807) is 0 Å². The number of carbonyl (C=O) groups is 2. The van der Waals surface area contributed by atoms with Crippen LogP contribution in [0.4, 0.5) is 5.69 Å². The van der Waals surface area contributed by atoms with Gasteiger partial charge in [-0.15, -0.1) is 0 Å². The van der Waals surface area contributed by atoms with Crippen molar-refractivity contribution in [2.75, 3.05) is 6.61 Å². The smallest absolute Gasteiger partial charge is 0.333 e. The van der Waals surface area contributed by atoms with Crippen LogP contribution in [-0.4, -0.2) is 23.4 Å². The standard InChI is InChI=1S/C12H11N3O5/c16-11(14-13-9-6-12(17)20-7-9)5-8-1-3-10(4-2-8)15(18)19/h1-4,6,13H,5,7H2,(H,14,16). The first-order valence-corrected chi connectivity index (χ1v) is 5.70. The highest BCUT2D eigenvalue weighted by Crippen LogP contribution is 2.12. The number of hydrazine groups is 1. The molecule has 0 saturated heterocycles. The van der Waals surface area contributed by atoms with Crippen LogP contribution in [0.2, 0.25) is 0 Å². The van der Waals surface area contributed by atoms with E-state index in [2.05, 4.69) is 15.6 Å². The maximum atomic E-state index is 11.6. The van der Waals surface area contributed by atoms with Crippen LogP contribution in [0.15, 0.2) is 36.0 Å². The zero-order chi connectivity index (χ0) is 14.5. The number of non-ortho nitro benzene ring substituents is 1. The van der Waals surface area contributed by atoms with Crippen molar-refractivity contribution in [1.82, 2.24) is 10.9 Å². The molecule has 0 radical (unpaired) electrons. The molecule has 0 fully saturated rings. The predicted molar refractivity (Wildman–Crippen MR) is 67.1 cm³/mol. The van der Waals surface area contributed by atoms with Gasteiger partial charge in [0.15, 0.2) is 0 Å². The molecule has 2 rings (SSSR count). The number of cyclic esters (lactones) is 1. The zero-order valence-corrected chi connectivity index (χ0v) is 10.3. The second-order valence-corrected chi connectivity index (χ2v) is 4.05. The van der Waals surface area contributed by atoms with Crippen molar-refractivity contribution in [3.05, 3.63) is 51.7 Å². The summed E-state index contributed by atoms with van der Waals surface area (Å²) in [5.74, 6) is -0.795. The molecule has 8 nitrogen and oxygen atoms in total. The van der Waals surface area contributed by atoms with Crippen LogP contribution in [0, 0.1) is 10.1 Å². The average molecular weight is 277 g/mol. The van der Waals surface area contributed by atoms with Gasteiger partial charge >= 0.3 is 5.97 Å². The molecule has 0 bridgehead atoms. The third kappa shape index (κ3) is 3.55. The van der Waals surface area contributed by atoms with Crippen LogP contribution in [0.25, 0.3) is 0 Å². The topological polar surface area (TPSA) is 111 Å². The van der Waals surface area contributed by atoms with Crippen molar-refractivity contribution in [2.45, 2.75) is 6.42 Å². The van der Waals surface area contributed by atoms with E-state index < -0.39 is 10.9 Å².